The Hall–Kier alpha value is -4.83. The van der Waals surface area contributed by atoms with Crippen LogP contribution in [0.4, 0.5) is 5.82 Å². The van der Waals surface area contributed by atoms with E-state index in [0.29, 0.717) is 28.4 Å². The summed E-state index contributed by atoms with van der Waals surface area (Å²) in [6.07, 6.45) is 5.98. The molecule has 0 saturated heterocycles. The van der Waals surface area contributed by atoms with Gasteiger partial charge in [0.05, 0.1) is 11.6 Å². The summed E-state index contributed by atoms with van der Waals surface area (Å²) < 4.78 is 3.19. The third-order valence-electron chi connectivity index (χ3n) is 5.31. The SMILES string of the molecule is CCc1cc2cccc(/C=N\O)c2c(=O)n1-c1ccccc1.CN.Nc1nn2cccnc2c1C=O. The lowest BCUT2D eigenvalue weighted by molar-refractivity contribution is 0.112. The van der Waals surface area contributed by atoms with Gasteiger partial charge in [-0.3, -0.25) is 14.2 Å². The molecule has 0 unspecified atom stereocenters. The van der Waals surface area contributed by atoms with E-state index in [-0.39, 0.29) is 11.4 Å². The van der Waals surface area contributed by atoms with Crippen LogP contribution >= 0.6 is 0 Å². The van der Waals surface area contributed by atoms with E-state index in [9.17, 15) is 9.59 Å². The lowest BCUT2D eigenvalue weighted by Gasteiger charge is -2.14. The Morgan fingerprint density at radius 3 is 2.50 bits per heavy atom. The van der Waals surface area contributed by atoms with Crippen LogP contribution < -0.4 is 17.0 Å². The van der Waals surface area contributed by atoms with Crippen molar-refractivity contribution in [1.82, 2.24) is 19.2 Å². The number of oxime groups is 1. The van der Waals surface area contributed by atoms with Gasteiger partial charge < -0.3 is 16.7 Å². The van der Waals surface area contributed by atoms with E-state index in [2.05, 4.69) is 21.0 Å². The molecule has 0 spiro atoms. The Balaban J connectivity index is 0.000000217. The normalized spacial score (nSPS) is 10.5. The predicted molar refractivity (Wildman–Crippen MR) is 141 cm³/mol. The summed E-state index contributed by atoms with van der Waals surface area (Å²) in [5.74, 6) is 0.212. The van der Waals surface area contributed by atoms with Crippen molar-refractivity contribution in [1.29, 1.82) is 0 Å². The van der Waals surface area contributed by atoms with Gasteiger partial charge in [-0.25, -0.2) is 9.50 Å². The highest BCUT2D eigenvalue weighted by molar-refractivity contribution is 5.99. The smallest absolute Gasteiger partial charge is 0.263 e. The summed E-state index contributed by atoms with van der Waals surface area (Å²) in [7, 11) is 1.50. The molecule has 36 heavy (non-hydrogen) atoms. The van der Waals surface area contributed by atoms with E-state index in [4.69, 9.17) is 10.9 Å². The first-order chi connectivity index (χ1) is 17.6. The van der Waals surface area contributed by atoms with Gasteiger partial charge in [0.25, 0.3) is 5.56 Å². The number of para-hydroxylation sites is 1. The molecule has 5 aromatic rings. The standard InChI is InChI=1S/C18H16N2O2.C7H6N4O.CH5N/c1-2-15-11-13-7-6-8-14(12-19-22)17(13)18(21)20(15)16-9-4-3-5-10-16;8-6-5(4-12)7-9-2-1-3-11(7)10-6;1-2/h3-12,22H,2H2,1H3;1-4H,(H2,8,10);2H2,1H3/b19-12-;;. The Labute approximate surface area is 207 Å². The Morgan fingerprint density at radius 2 is 1.83 bits per heavy atom. The maximum absolute atomic E-state index is 13.0. The van der Waals surface area contributed by atoms with Gasteiger partial charge in [0.1, 0.15) is 5.56 Å². The van der Waals surface area contributed by atoms with Crippen LogP contribution in [0.5, 0.6) is 0 Å². The van der Waals surface area contributed by atoms with Crippen LogP contribution in [0, 0.1) is 0 Å². The molecule has 10 nitrogen and oxygen atoms in total. The first-order valence-electron chi connectivity index (χ1n) is 11.1. The van der Waals surface area contributed by atoms with Crippen LogP contribution in [-0.2, 0) is 6.42 Å². The second kappa shape index (κ2) is 12.0. The zero-order valence-corrected chi connectivity index (χ0v) is 19.9. The third kappa shape index (κ3) is 5.13. The number of aldehydes is 1. The molecule has 10 heteroatoms. The lowest BCUT2D eigenvalue weighted by Crippen LogP contribution is -2.22. The van der Waals surface area contributed by atoms with Gasteiger partial charge in [-0.15, -0.1) is 5.10 Å². The van der Waals surface area contributed by atoms with Gasteiger partial charge in [0.2, 0.25) is 0 Å². The van der Waals surface area contributed by atoms with Crippen molar-refractivity contribution in [2.24, 2.45) is 10.9 Å². The van der Waals surface area contributed by atoms with Crippen molar-refractivity contribution in [2.75, 3.05) is 12.8 Å². The number of anilines is 1. The molecule has 0 atom stereocenters. The highest BCUT2D eigenvalue weighted by Gasteiger charge is 2.12. The number of carbonyl (C=O) groups is 1. The van der Waals surface area contributed by atoms with E-state index in [1.807, 2.05) is 55.5 Å². The monoisotopic (exact) mass is 485 g/mol. The summed E-state index contributed by atoms with van der Waals surface area (Å²) >= 11 is 0. The topological polar surface area (TPSA) is 154 Å². The summed E-state index contributed by atoms with van der Waals surface area (Å²) in [6, 6.07) is 18.8. The number of aromatic nitrogens is 4. The van der Waals surface area contributed by atoms with Gasteiger partial charge in [-0.1, -0.05) is 48.5 Å². The quantitative estimate of drug-likeness (QED) is 0.153. The number of hydrogen-bond donors (Lipinski definition) is 3. The number of benzene rings is 2. The summed E-state index contributed by atoms with van der Waals surface area (Å²) in [5, 5.41) is 17.2. The molecule has 5 rings (SSSR count). The Bertz CT molecular complexity index is 1560. The zero-order valence-electron chi connectivity index (χ0n) is 19.9. The second-order valence-corrected chi connectivity index (χ2v) is 7.33. The van der Waals surface area contributed by atoms with Gasteiger partial charge in [0.15, 0.2) is 17.8 Å². The molecule has 0 aliphatic rings. The minimum Gasteiger partial charge on any atom is -0.411 e. The molecular formula is C26H27N7O3. The molecule has 0 radical (unpaired) electrons. The van der Waals surface area contributed by atoms with E-state index in [1.54, 1.807) is 29.1 Å². The predicted octanol–water partition coefficient (Wildman–Crippen LogP) is 3.06. The number of pyridine rings is 1. The summed E-state index contributed by atoms with van der Waals surface area (Å²) in [6.45, 7) is 2.03. The fourth-order valence-corrected chi connectivity index (χ4v) is 3.77. The Morgan fingerprint density at radius 1 is 1.08 bits per heavy atom. The number of hydrogen-bond acceptors (Lipinski definition) is 8. The molecule has 0 fully saturated rings. The van der Waals surface area contributed by atoms with Crippen LogP contribution in [0.1, 0.15) is 28.5 Å². The average molecular weight is 486 g/mol. The van der Waals surface area contributed by atoms with E-state index >= 15 is 0 Å². The number of fused-ring (bicyclic) bond motifs is 2. The van der Waals surface area contributed by atoms with Crippen LogP contribution in [-0.4, -0.2) is 43.9 Å². The van der Waals surface area contributed by atoms with Crippen molar-refractivity contribution in [3.8, 4) is 5.69 Å². The third-order valence-corrected chi connectivity index (χ3v) is 5.31. The highest BCUT2D eigenvalue weighted by atomic mass is 16.4. The number of carbonyl (C=O) groups excluding carboxylic acids is 1. The molecule has 0 bridgehead atoms. The first-order valence-corrected chi connectivity index (χ1v) is 11.1. The average Bonchev–Trinajstić information content (AvgIpc) is 3.25. The van der Waals surface area contributed by atoms with Crippen LogP contribution in [0.15, 0.2) is 83.0 Å². The summed E-state index contributed by atoms with van der Waals surface area (Å²) in [5.41, 5.74) is 13.1. The van der Waals surface area contributed by atoms with Gasteiger partial charge in [0, 0.05) is 29.3 Å². The zero-order chi connectivity index (χ0) is 26.1. The molecule has 0 aliphatic carbocycles. The van der Waals surface area contributed by atoms with Crippen molar-refractivity contribution in [3.05, 3.63) is 100 Å². The number of aryl methyl sites for hydroxylation is 1. The van der Waals surface area contributed by atoms with Gasteiger partial charge >= 0.3 is 0 Å². The minimum absolute atomic E-state index is 0.101. The molecule has 0 aliphatic heterocycles. The molecule has 184 valence electrons. The lowest BCUT2D eigenvalue weighted by atomic mass is 10.0. The first kappa shape index (κ1) is 25.8. The second-order valence-electron chi connectivity index (χ2n) is 7.33. The number of rotatable bonds is 4. The van der Waals surface area contributed by atoms with E-state index < -0.39 is 0 Å². The van der Waals surface area contributed by atoms with Crippen LogP contribution in [0.3, 0.4) is 0 Å². The molecular weight excluding hydrogens is 458 g/mol. The highest BCUT2D eigenvalue weighted by Crippen LogP contribution is 2.19. The number of nitrogen functional groups attached to an aromatic ring is 1. The fraction of sp³-hybridized carbons (Fsp3) is 0.115. The largest absolute Gasteiger partial charge is 0.411 e. The number of nitrogens with two attached hydrogens (primary N) is 2. The van der Waals surface area contributed by atoms with Crippen LogP contribution in [0.25, 0.3) is 22.1 Å². The maximum atomic E-state index is 13.0. The molecule has 0 saturated carbocycles. The fourth-order valence-electron chi connectivity index (χ4n) is 3.77. The van der Waals surface area contributed by atoms with Crippen molar-refractivity contribution in [3.63, 3.8) is 0 Å². The molecule has 2 aromatic carbocycles. The molecule has 3 aromatic heterocycles. The van der Waals surface area contributed by atoms with E-state index in [0.717, 1.165) is 23.2 Å². The van der Waals surface area contributed by atoms with Crippen molar-refractivity contribution >= 4 is 34.7 Å². The van der Waals surface area contributed by atoms with Crippen molar-refractivity contribution < 1.29 is 10.0 Å². The van der Waals surface area contributed by atoms with Gasteiger partial charge in [-0.2, -0.15) is 0 Å². The van der Waals surface area contributed by atoms with Crippen molar-refractivity contribution in [2.45, 2.75) is 13.3 Å². The molecule has 5 N–H and O–H groups in total. The molecule has 3 heterocycles. The molecule has 0 amide bonds. The van der Waals surface area contributed by atoms with Gasteiger partial charge in [-0.05, 0) is 43.1 Å². The minimum atomic E-state index is -0.101. The summed E-state index contributed by atoms with van der Waals surface area (Å²) in [4.78, 5) is 27.5. The van der Waals surface area contributed by atoms with E-state index in [1.165, 1.54) is 17.8 Å². The number of nitrogens with zero attached hydrogens (tertiary/aromatic N) is 5. The Kier molecular flexibility index (Phi) is 8.63. The van der Waals surface area contributed by atoms with Crippen LogP contribution in [0.2, 0.25) is 0 Å². The maximum Gasteiger partial charge on any atom is 0.263 e.